The summed E-state index contributed by atoms with van der Waals surface area (Å²) in [6.07, 6.45) is 0. The van der Waals surface area contributed by atoms with E-state index in [0.29, 0.717) is 0 Å². The van der Waals surface area contributed by atoms with Crippen LogP contribution in [0.15, 0.2) is 54.6 Å². The molecule has 0 aliphatic heterocycles. The van der Waals surface area contributed by atoms with Gasteiger partial charge in [0.25, 0.3) is 0 Å². The van der Waals surface area contributed by atoms with Crippen LogP contribution in [0, 0.1) is 12.7 Å². The minimum Gasteiger partial charge on any atom is -0.253 e. The molecule has 0 bridgehead atoms. The molecule has 18 heavy (non-hydrogen) atoms. The summed E-state index contributed by atoms with van der Waals surface area (Å²) in [7, 11) is 0. The number of halogens is 1. The smallest absolute Gasteiger partial charge is 0.123 e. The standard InChI is InChI=1S/C16H12FN/c1-11-10-15(12-6-8-13(17)9-7-12)14-4-2-3-5-16(14)18-11/h2-10H,1H3. The van der Waals surface area contributed by atoms with Crippen molar-refractivity contribution >= 4 is 10.9 Å². The Kier molecular flexibility index (Phi) is 2.56. The van der Waals surface area contributed by atoms with Crippen molar-refractivity contribution in [3.05, 3.63) is 66.1 Å². The van der Waals surface area contributed by atoms with Crippen molar-refractivity contribution < 1.29 is 4.39 Å². The quantitative estimate of drug-likeness (QED) is 0.613. The third kappa shape index (κ3) is 1.86. The molecular weight excluding hydrogens is 225 g/mol. The van der Waals surface area contributed by atoms with Gasteiger partial charge in [0.15, 0.2) is 0 Å². The second kappa shape index (κ2) is 4.22. The van der Waals surface area contributed by atoms with E-state index in [4.69, 9.17) is 0 Å². The fourth-order valence-corrected chi connectivity index (χ4v) is 2.18. The zero-order valence-corrected chi connectivity index (χ0v) is 10.0. The predicted octanol–water partition coefficient (Wildman–Crippen LogP) is 4.35. The van der Waals surface area contributed by atoms with Crippen LogP contribution in [-0.4, -0.2) is 4.98 Å². The van der Waals surface area contributed by atoms with E-state index in [1.54, 1.807) is 12.1 Å². The van der Waals surface area contributed by atoms with E-state index in [-0.39, 0.29) is 5.82 Å². The fraction of sp³-hybridized carbons (Fsp3) is 0.0625. The highest BCUT2D eigenvalue weighted by Gasteiger charge is 2.05. The van der Waals surface area contributed by atoms with E-state index in [1.165, 1.54) is 12.1 Å². The maximum absolute atomic E-state index is 13.0. The first-order chi connectivity index (χ1) is 8.74. The Morgan fingerprint density at radius 1 is 0.944 bits per heavy atom. The molecule has 2 heteroatoms. The Bertz CT molecular complexity index is 702. The average molecular weight is 237 g/mol. The first kappa shape index (κ1) is 10.9. The summed E-state index contributed by atoms with van der Waals surface area (Å²) in [4.78, 5) is 4.51. The number of hydrogen-bond donors (Lipinski definition) is 0. The molecule has 0 saturated heterocycles. The molecule has 0 spiro atoms. The highest BCUT2D eigenvalue weighted by molar-refractivity contribution is 5.94. The molecule has 0 amide bonds. The van der Waals surface area contributed by atoms with Crippen LogP contribution in [0.3, 0.4) is 0 Å². The number of para-hydroxylation sites is 1. The number of fused-ring (bicyclic) bond motifs is 1. The highest BCUT2D eigenvalue weighted by atomic mass is 19.1. The van der Waals surface area contributed by atoms with Gasteiger partial charge in [-0.15, -0.1) is 0 Å². The van der Waals surface area contributed by atoms with Crippen molar-refractivity contribution in [3.8, 4) is 11.1 Å². The Morgan fingerprint density at radius 2 is 1.67 bits per heavy atom. The molecule has 0 atom stereocenters. The summed E-state index contributed by atoms with van der Waals surface area (Å²) in [5, 5.41) is 1.09. The topological polar surface area (TPSA) is 12.9 Å². The predicted molar refractivity (Wildman–Crippen MR) is 71.9 cm³/mol. The number of pyridine rings is 1. The van der Waals surface area contributed by atoms with Gasteiger partial charge >= 0.3 is 0 Å². The van der Waals surface area contributed by atoms with Crippen LogP contribution in [0.5, 0.6) is 0 Å². The molecule has 88 valence electrons. The van der Waals surface area contributed by atoms with Crippen LogP contribution in [0.1, 0.15) is 5.69 Å². The van der Waals surface area contributed by atoms with Gasteiger partial charge in [-0.25, -0.2) is 4.39 Å². The Balaban J connectivity index is 2.31. The van der Waals surface area contributed by atoms with Gasteiger partial charge in [-0.05, 0) is 42.3 Å². The first-order valence-corrected chi connectivity index (χ1v) is 5.86. The summed E-state index contributed by atoms with van der Waals surface area (Å²) in [5.74, 6) is -0.214. The molecular formula is C16H12FN. The van der Waals surface area contributed by atoms with Gasteiger partial charge in [-0.3, -0.25) is 4.98 Å². The van der Waals surface area contributed by atoms with Crippen LogP contribution < -0.4 is 0 Å². The third-order valence-electron chi connectivity index (χ3n) is 3.00. The number of rotatable bonds is 1. The SMILES string of the molecule is Cc1cc(-c2ccc(F)cc2)c2ccccc2n1. The summed E-state index contributed by atoms with van der Waals surface area (Å²) >= 11 is 0. The lowest BCUT2D eigenvalue weighted by Crippen LogP contribution is -1.88. The number of hydrogen-bond acceptors (Lipinski definition) is 1. The van der Waals surface area contributed by atoms with Gasteiger partial charge in [0.1, 0.15) is 5.82 Å². The summed E-state index contributed by atoms with van der Waals surface area (Å²) in [5.41, 5.74) is 4.04. The molecule has 0 saturated carbocycles. The highest BCUT2D eigenvalue weighted by Crippen LogP contribution is 2.28. The van der Waals surface area contributed by atoms with Gasteiger partial charge in [0.2, 0.25) is 0 Å². The van der Waals surface area contributed by atoms with Gasteiger partial charge in [-0.2, -0.15) is 0 Å². The summed E-state index contributed by atoms with van der Waals surface area (Å²) in [6, 6.07) is 16.6. The van der Waals surface area contributed by atoms with Gasteiger partial charge in [0, 0.05) is 11.1 Å². The molecule has 0 radical (unpaired) electrons. The second-order valence-corrected chi connectivity index (χ2v) is 4.34. The third-order valence-corrected chi connectivity index (χ3v) is 3.00. The van der Waals surface area contributed by atoms with E-state index in [2.05, 4.69) is 4.98 Å². The van der Waals surface area contributed by atoms with Gasteiger partial charge in [0.05, 0.1) is 5.52 Å². The normalized spacial score (nSPS) is 10.8. The van der Waals surface area contributed by atoms with Crippen molar-refractivity contribution in [1.29, 1.82) is 0 Å². The lowest BCUT2D eigenvalue weighted by Gasteiger charge is -2.08. The van der Waals surface area contributed by atoms with E-state index in [9.17, 15) is 4.39 Å². The van der Waals surface area contributed by atoms with Crippen LogP contribution in [0.25, 0.3) is 22.0 Å². The average Bonchev–Trinajstić information content (AvgIpc) is 2.38. The minimum absolute atomic E-state index is 0.214. The molecule has 3 rings (SSSR count). The maximum atomic E-state index is 13.0. The van der Waals surface area contributed by atoms with Crippen LogP contribution in [0.2, 0.25) is 0 Å². The van der Waals surface area contributed by atoms with E-state index >= 15 is 0 Å². The number of nitrogens with zero attached hydrogens (tertiary/aromatic N) is 1. The molecule has 0 aliphatic carbocycles. The first-order valence-electron chi connectivity index (χ1n) is 5.86. The molecule has 2 aromatic carbocycles. The lowest BCUT2D eigenvalue weighted by atomic mass is 10.0. The fourth-order valence-electron chi connectivity index (χ4n) is 2.18. The van der Waals surface area contributed by atoms with Crippen molar-refractivity contribution in [2.75, 3.05) is 0 Å². The number of aromatic nitrogens is 1. The molecule has 0 N–H and O–H groups in total. The molecule has 1 aromatic heterocycles. The molecule has 1 heterocycles. The van der Waals surface area contributed by atoms with Crippen molar-refractivity contribution in [3.63, 3.8) is 0 Å². The van der Waals surface area contributed by atoms with Crippen LogP contribution in [0.4, 0.5) is 4.39 Å². The number of benzene rings is 2. The zero-order valence-electron chi connectivity index (χ0n) is 10.0. The summed E-state index contributed by atoms with van der Waals surface area (Å²) < 4.78 is 13.0. The van der Waals surface area contributed by atoms with E-state index < -0.39 is 0 Å². The van der Waals surface area contributed by atoms with Crippen molar-refractivity contribution in [1.82, 2.24) is 4.98 Å². The largest absolute Gasteiger partial charge is 0.253 e. The van der Waals surface area contributed by atoms with Crippen LogP contribution >= 0.6 is 0 Å². The monoisotopic (exact) mass is 237 g/mol. The Hall–Kier alpha value is -2.22. The van der Waals surface area contributed by atoms with E-state index in [1.807, 2.05) is 37.3 Å². The minimum atomic E-state index is -0.214. The Morgan fingerprint density at radius 3 is 2.44 bits per heavy atom. The molecule has 0 fully saturated rings. The number of aryl methyl sites for hydroxylation is 1. The zero-order chi connectivity index (χ0) is 12.5. The second-order valence-electron chi connectivity index (χ2n) is 4.34. The molecule has 3 aromatic rings. The lowest BCUT2D eigenvalue weighted by molar-refractivity contribution is 0.628. The van der Waals surface area contributed by atoms with E-state index in [0.717, 1.165) is 27.7 Å². The van der Waals surface area contributed by atoms with Crippen molar-refractivity contribution in [2.45, 2.75) is 6.92 Å². The van der Waals surface area contributed by atoms with Crippen molar-refractivity contribution in [2.24, 2.45) is 0 Å². The molecule has 0 aliphatic rings. The summed E-state index contributed by atoms with van der Waals surface area (Å²) in [6.45, 7) is 1.97. The van der Waals surface area contributed by atoms with Gasteiger partial charge < -0.3 is 0 Å². The molecule has 1 nitrogen and oxygen atoms in total. The molecule has 0 unspecified atom stereocenters. The van der Waals surface area contributed by atoms with Gasteiger partial charge in [-0.1, -0.05) is 30.3 Å². The Labute approximate surface area is 105 Å². The maximum Gasteiger partial charge on any atom is 0.123 e. The van der Waals surface area contributed by atoms with Crippen LogP contribution in [-0.2, 0) is 0 Å².